The number of nitrogens with one attached hydrogen (secondary N) is 1. The summed E-state index contributed by atoms with van der Waals surface area (Å²) in [6, 6.07) is 6.99. The number of nitrogens with zero attached hydrogens (tertiary/aromatic N) is 3. The lowest BCUT2D eigenvalue weighted by molar-refractivity contribution is -0.907. The maximum atomic E-state index is 12.1. The second kappa shape index (κ2) is 6.82. The first-order valence-electron chi connectivity index (χ1n) is 7.72. The van der Waals surface area contributed by atoms with Gasteiger partial charge in [0, 0.05) is 5.56 Å². The molecule has 1 saturated heterocycles. The molecule has 0 bridgehead atoms. The van der Waals surface area contributed by atoms with E-state index in [1.807, 2.05) is 29.3 Å². The van der Waals surface area contributed by atoms with Gasteiger partial charge in [-0.2, -0.15) is 5.11 Å². The molecule has 3 aliphatic heterocycles. The molecule has 8 heteroatoms. The van der Waals surface area contributed by atoms with E-state index >= 15 is 0 Å². The number of quaternary nitrogens is 1. The number of benzene rings is 1. The molecule has 0 saturated carbocycles. The Kier molecular flexibility index (Phi) is 4.79. The first-order chi connectivity index (χ1) is 10.8. The standard InChI is InChI=1S/C15H18N4O3.ClH/c20-15-13-14(11-3-1-2-4-12(11)22-15)19(17-16-13)6-5-18-7-9-21-10-8-18;/h1-4,13-14H,5-10H2;1H. The molecule has 23 heavy (non-hydrogen) atoms. The van der Waals surface area contributed by atoms with Gasteiger partial charge in [0.25, 0.3) is 0 Å². The van der Waals surface area contributed by atoms with Crippen molar-refractivity contribution in [1.82, 2.24) is 5.01 Å². The predicted octanol–water partition coefficient (Wildman–Crippen LogP) is -3.38. The van der Waals surface area contributed by atoms with Crippen LogP contribution in [0.4, 0.5) is 0 Å². The summed E-state index contributed by atoms with van der Waals surface area (Å²) in [5.74, 6) is 0.318. The molecule has 0 radical (unpaired) electrons. The smallest absolute Gasteiger partial charge is 0.340 e. The number of para-hydroxylation sites is 1. The van der Waals surface area contributed by atoms with Crippen LogP contribution < -0.4 is 22.0 Å². The van der Waals surface area contributed by atoms with Crippen LogP contribution in [0.3, 0.4) is 0 Å². The number of esters is 1. The lowest BCUT2D eigenvalue weighted by atomic mass is 9.96. The lowest BCUT2D eigenvalue weighted by Crippen LogP contribution is -3.14. The highest BCUT2D eigenvalue weighted by Crippen LogP contribution is 2.41. The van der Waals surface area contributed by atoms with Gasteiger partial charge in [-0.15, -0.1) is 0 Å². The van der Waals surface area contributed by atoms with Crippen LogP contribution in [0.5, 0.6) is 5.75 Å². The average molecular weight is 339 g/mol. The Hall–Kier alpha value is -1.70. The molecule has 2 atom stereocenters. The van der Waals surface area contributed by atoms with Crippen molar-refractivity contribution in [3.8, 4) is 5.75 Å². The molecule has 1 aromatic rings. The number of carbonyl (C=O) groups is 1. The van der Waals surface area contributed by atoms with Crippen molar-refractivity contribution < 1.29 is 31.6 Å². The lowest BCUT2D eigenvalue weighted by Gasteiger charge is -2.31. The fourth-order valence-electron chi connectivity index (χ4n) is 3.26. The number of hydrogen-bond donors (Lipinski definition) is 1. The van der Waals surface area contributed by atoms with Crippen molar-refractivity contribution in [1.29, 1.82) is 0 Å². The number of ether oxygens (including phenoxy) is 2. The molecule has 3 aliphatic rings. The van der Waals surface area contributed by atoms with Gasteiger partial charge in [-0.05, 0) is 6.07 Å². The summed E-state index contributed by atoms with van der Waals surface area (Å²) in [5, 5.41) is 10.3. The zero-order chi connectivity index (χ0) is 14.9. The second-order valence-corrected chi connectivity index (χ2v) is 5.83. The summed E-state index contributed by atoms with van der Waals surface area (Å²) in [7, 11) is 0. The molecule has 4 rings (SSSR count). The zero-order valence-electron chi connectivity index (χ0n) is 12.7. The van der Waals surface area contributed by atoms with Crippen molar-refractivity contribution in [2.45, 2.75) is 12.1 Å². The molecule has 1 aromatic carbocycles. The summed E-state index contributed by atoms with van der Waals surface area (Å²) >= 11 is 0. The zero-order valence-corrected chi connectivity index (χ0v) is 13.4. The normalized spacial score (nSPS) is 26.3. The minimum Gasteiger partial charge on any atom is -1.00 e. The van der Waals surface area contributed by atoms with Gasteiger partial charge in [0.2, 0.25) is 0 Å². The Morgan fingerprint density at radius 3 is 2.87 bits per heavy atom. The van der Waals surface area contributed by atoms with Gasteiger partial charge < -0.3 is 26.8 Å². The number of fused-ring (bicyclic) bond motifs is 3. The predicted molar refractivity (Wildman–Crippen MR) is 76.6 cm³/mol. The van der Waals surface area contributed by atoms with Crippen LogP contribution in [-0.4, -0.2) is 56.4 Å². The maximum absolute atomic E-state index is 12.1. The van der Waals surface area contributed by atoms with Crippen molar-refractivity contribution in [2.75, 3.05) is 39.4 Å². The summed E-state index contributed by atoms with van der Waals surface area (Å²) in [6.45, 7) is 5.44. The highest BCUT2D eigenvalue weighted by Gasteiger charge is 2.45. The molecule has 0 aliphatic carbocycles. The highest BCUT2D eigenvalue weighted by molar-refractivity contribution is 5.82. The van der Waals surface area contributed by atoms with Crippen LogP contribution in [-0.2, 0) is 9.53 Å². The van der Waals surface area contributed by atoms with Gasteiger partial charge in [0.15, 0.2) is 6.04 Å². The summed E-state index contributed by atoms with van der Waals surface area (Å²) in [4.78, 5) is 13.6. The molecule has 7 nitrogen and oxygen atoms in total. The van der Waals surface area contributed by atoms with E-state index in [0.29, 0.717) is 5.75 Å². The molecule has 3 heterocycles. The molecule has 124 valence electrons. The van der Waals surface area contributed by atoms with E-state index in [2.05, 4.69) is 10.3 Å². The van der Waals surface area contributed by atoms with Crippen molar-refractivity contribution in [2.24, 2.45) is 10.3 Å². The van der Waals surface area contributed by atoms with E-state index in [0.717, 1.165) is 45.0 Å². The molecular weight excluding hydrogens is 320 g/mol. The van der Waals surface area contributed by atoms with E-state index in [4.69, 9.17) is 9.47 Å². The Morgan fingerprint density at radius 2 is 2.04 bits per heavy atom. The Balaban J connectivity index is 0.00000156. The quantitative estimate of drug-likeness (QED) is 0.461. The fraction of sp³-hybridized carbons (Fsp3) is 0.533. The number of rotatable bonds is 3. The van der Waals surface area contributed by atoms with E-state index in [1.54, 1.807) is 0 Å². The third-order valence-corrected chi connectivity index (χ3v) is 4.50. The van der Waals surface area contributed by atoms with Gasteiger partial charge in [0.05, 0.1) is 26.3 Å². The first kappa shape index (κ1) is 16.2. The summed E-state index contributed by atoms with van der Waals surface area (Å²) < 4.78 is 10.7. The van der Waals surface area contributed by atoms with Crippen LogP contribution in [0.15, 0.2) is 34.6 Å². The Labute approximate surface area is 140 Å². The minimum atomic E-state index is -0.533. The van der Waals surface area contributed by atoms with E-state index < -0.39 is 6.04 Å². The fourth-order valence-corrected chi connectivity index (χ4v) is 3.26. The molecule has 0 aromatic heterocycles. The van der Waals surface area contributed by atoms with Crippen molar-refractivity contribution in [3.05, 3.63) is 29.8 Å². The van der Waals surface area contributed by atoms with Gasteiger partial charge in [-0.25, -0.2) is 4.79 Å². The Bertz CT molecular complexity index is 606. The summed E-state index contributed by atoms with van der Waals surface area (Å²) in [6.07, 6.45) is 0. The largest absolute Gasteiger partial charge is 1.00 e. The monoisotopic (exact) mass is 338 g/mol. The average Bonchev–Trinajstić information content (AvgIpc) is 2.99. The maximum Gasteiger partial charge on any atom is 0.340 e. The van der Waals surface area contributed by atoms with Gasteiger partial charge in [0.1, 0.15) is 24.9 Å². The van der Waals surface area contributed by atoms with Gasteiger partial charge in [-0.1, -0.05) is 23.4 Å². The highest BCUT2D eigenvalue weighted by atomic mass is 35.5. The van der Waals surface area contributed by atoms with Gasteiger partial charge in [-0.3, -0.25) is 5.01 Å². The van der Waals surface area contributed by atoms with E-state index in [1.165, 1.54) is 4.90 Å². The second-order valence-electron chi connectivity index (χ2n) is 5.83. The van der Waals surface area contributed by atoms with E-state index in [-0.39, 0.29) is 24.4 Å². The van der Waals surface area contributed by atoms with Crippen LogP contribution in [0.25, 0.3) is 0 Å². The molecule has 0 spiro atoms. The Morgan fingerprint density at radius 1 is 1.26 bits per heavy atom. The number of morpholine rings is 1. The molecular formula is C15H19ClN4O3. The van der Waals surface area contributed by atoms with E-state index in [9.17, 15) is 4.79 Å². The van der Waals surface area contributed by atoms with Crippen LogP contribution in [0.2, 0.25) is 0 Å². The van der Waals surface area contributed by atoms with Crippen molar-refractivity contribution >= 4 is 5.97 Å². The minimum absolute atomic E-state index is 0. The SMILES string of the molecule is O=C1Oc2ccccc2C2C1N=NN2CC[NH+]1CCOCC1.[Cl-]. The van der Waals surface area contributed by atoms with Crippen LogP contribution in [0, 0.1) is 0 Å². The molecule has 1 N–H and O–H groups in total. The first-order valence-corrected chi connectivity index (χ1v) is 7.72. The molecule has 1 fully saturated rings. The number of hydrogen-bond acceptors (Lipinski definition) is 6. The summed E-state index contributed by atoms with van der Waals surface area (Å²) in [5.41, 5.74) is 0.995. The molecule has 0 amide bonds. The third-order valence-electron chi connectivity index (χ3n) is 4.50. The molecule has 2 unspecified atom stereocenters. The van der Waals surface area contributed by atoms with Crippen LogP contribution >= 0.6 is 0 Å². The topological polar surface area (TPSA) is 67.9 Å². The number of halogens is 1. The number of carbonyl (C=O) groups excluding carboxylic acids is 1. The van der Waals surface area contributed by atoms with Crippen molar-refractivity contribution in [3.63, 3.8) is 0 Å². The van der Waals surface area contributed by atoms with Crippen LogP contribution in [0.1, 0.15) is 11.6 Å². The van der Waals surface area contributed by atoms with Gasteiger partial charge >= 0.3 is 5.97 Å². The third kappa shape index (κ3) is 3.04.